The topological polar surface area (TPSA) is 129 Å². The number of benzene rings is 2. The number of hydrogen-bond donors (Lipinski definition) is 2. The summed E-state index contributed by atoms with van der Waals surface area (Å²) in [7, 11) is 0. The highest BCUT2D eigenvalue weighted by molar-refractivity contribution is 6.35. The zero-order valence-corrected chi connectivity index (χ0v) is 20.1. The summed E-state index contributed by atoms with van der Waals surface area (Å²) in [5, 5.41) is 15.0. The predicted octanol–water partition coefficient (Wildman–Crippen LogP) is 4.85. The van der Waals surface area contributed by atoms with Gasteiger partial charge in [-0.2, -0.15) is 5.10 Å². The van der Waals surface area contributed by atoms with Crippen LogP contribution in [0.2, 0.25) is 5.02 Å². The van der Waals surface area contributed by atoms with Gasteiger partial charge in [0.05, 0.1) is 50.6 Å². The van der Waals surface area contributed by atoms with Crippen LogP contribution in [0.4, 0.5) is 0 Å². The Balaban J connectivity index is 1.67. The summed E-state index contributed by atoms with van der Waals surface area (Å²) in [5.74, 6) is -1.55. The zero-order chi connectivity index (χ0) is 25.6. The van der Waals surface area contributed by atoms with Gasteiger partial charge in [-0.25, -0.2) is 19.4 Å². The van der Waals surface area contributed by atoms with Crippen LogP contribution >= 0.6 is 11.6 Å². The summed E-state index contributed by atoms with van der Waals surface area (Å²) in [6.45, 7) is 4.07. The Morgan fingerprint density at radius 1 is 1.03 bits per heavy atom. The van der Waals surface area contributed by atoms with E-state index < -0.39 is 11.9 Å². The normalized spacial score (nSPS) is 11.3. The maximum Gasteiger partial charge on any atom is 0.335 e. The summed E-state index contributed by atoms with van der Waals surface area (Å²) >= 11 is 6.54. The van der Waals surface area contributed by atoms with Crippen LogP contribution < -0.4 is 5.73 Å². The maximum absolute atomic E-state index is 11.8. The molecule has 180 valence electrons. The van der Waals surface area contributed by atoms with Crippen LogP contribution in [0.5, 0.6) is 0 Å². The largest absolute Gasteiger partial charge is 0.478 e. The Morgan fingerprint density at radius 3 is 2.44 bits per heavy atom. The Labute approximate surface area is 210 Å². The van der Waals surface area contributed by atoms with Crippen molar-refractivity contribution >= 4 is 34.5 Å². The van der Waals surface area contributed by atoms with E-state index in [2.05, 4.69) is 9.97 Å². The van der Waals surface area contributed by atoms with Gasteiger partial charge in [-0.05, 0) is 36.2 Å². The van der Waals surface area contributed by atoms with Crippen LogP contribution in [0.1, 0.15) is 46.2 Å². The molecule has 9 nitrogen and oxygen atoms in total. The van der Waals surface area contributed by atoms with Crippen molar-refractivity contribution in [3.8, 4) is 22.6 Å². The Bertz CT molecular complexity index is 1640. The zero-order valence-electron chi connectivity index (χ0n) is 19.4. The molecule has 5 aromatic rings. The van der Waals surface area contributed by atoms with Crippen LogP contribution in [-0.2, 0) is 0 Å². The molecular weight excluding hydrogens is 480 g/mol. The number of carboxylic acid groups (broad SMARTS) is 1. The summed E-state index contributed by atoms with van der Waals surface area (Å²) in [6, 6.07) is 13.4. The first-order valence-corrected chi connectivity index (χ1v) is 11.5. The van der Waals surface area contributed by atoms with Gasteiger partial charge in [-0.1, -0.05) is 43.6 Å². The number of primary amides is 1. The highest BCUT2D eigenvalue weighted by atomic mass is 35.5. The first kappa shape index (κ1) is 23.3. The van der Waals surface area contributed by atoms with Crippen molar-refractivity contribution in [3.05, 3.63) is 89.1 Å². The molecule has 0 fully saturated rings. The van der Waals surface area contributed by atoms with Gasteiger partial charge in [0.1, 0.15) is 0 Å². The molecule has 0 aliphatic rings. The number of aromatic carboxylic acids is 1. The van der Waals surface area contributed by atoms with Crippen LogP contribution in [0.15, 0.2) is 67.3 Å². The van der Waals surface area contributed by atoms with Gasteiger partial charge in [0, 0.05) is 18.0 Å². The summed E-state index contributed by atoms with van der Waals surface area (Å²) in [4.78, 5) is 32.1. The van der Waals surface area contributed by atoms with E-state index in [1.165, 1.54) is 0 Å². The lowest BCUT2D eigenvalue weighted by molar-refractivity contribution is 0.0696. The molecule has 3 aromatic heterocycles. The summed E-state index contributed by atoms with van der Waals surface area (Å²) in [6.07, 6.45) is 5.23. The number of carboxylic acids is 1. The molecule has 36 heavy (non-hydrogen) atoms. The van der Waals surface area contributed by atoms with Crippen LogP contribution in [0.3, 0.4) is 0 Å². The molecule has 0 unspecified atom stereocenters. The molecule has 1 amide bonds. The number of amides is 1. The molecule has 0 radical (unpaired) electrons. The van der Waals surface area contributed by atoms with Crippen molar-refractivity contribution in [3.63, 3.8) is 0 Å². The van der Waals surface area contributed by atoms with Crippen LogP contribution in [-0.4, -0.2) is 41.3 Å². The van der Waals surface area contributed by atoms with Crippen molar-refractivity contribution in [2.75, 3.05) is 0 Å². The molecule has 0 spiro atoms. The molecule has 10 heteroatoms. The van der Waals surface area contributed by atoms with Gasteiger partial charge in [-0.15, -0.1) is 0 Å². The van der Waals surface area contributed by atoms with E-state index in [9.17, 15) is 9.59 Å². The third kappa shape index (κ3) is 3.89. The number of carbonyl (C=O) groups is 2. The molecule has 0 aliphatic carbocycles. The highest BCUT2D eigenvalue weighted by Crippen LogP contribution is 2.34. The van der Waals surface area contributed by atoms with Gasteiger partial charge in [0.15, 0.2) is 5.65 Å². The second-order valence-electron chi connectivity index (χ2n) is 8.53. The molecular formula is C26H21ClN6O3. The van der Waals surface area contributed by atoms with E-state index in [1.54, 1.807) is 59.7 Å². The second-order valence-corrected chi connectivity index (χ2v) is 8.91. The van der Waals surface area contributed by atoms with Crippen LogP contribution in [0, 0.1) is 0 Å². The molecule has 5 rings (SSSR count). The lowest BCUT2D eigenvalue weighted by Crippen LogP contribution is -2.13. The summed E-state index contributed by atoms with van der Waals surface area (Å²) in [5.41, 5.74) is 10.1. The van der Waals surface area contributed by atoms with Crippen molar-refractivity contribution in [2.24, 2.45) is 5.73 Å². The van der Waals surface area contributed by atoms with Gasteiger partial charge in [0.2, 0.25) is 5.91 Å². The fourth-order valence-corrected chi connectivity index (χ4v) is 4.40. The molecule has 0 atom stereocenters. The first-order valence-electron chi connectivity index (χ1n) is 11.1. The molecule has 2 aromatic carbocycles. The maximum atomic E-state index is 11.8. The van der Waals surface area contributed by atoms with E-state index in [0.29, 0.717) is 17.0 Å². The fraction of sp³-hybridized carbons (Fsp3) is 0.115. The van der Waals surface area contributed by atoms with E-state index in [-0.39, 0.29) is 22.1 Å². The number of hydrogen-bond acceptors (Lipinski definition) is 5. The smallest absolute Gasteiger partial charge is 0.335 e. The number of rotatable bonds is 6. The van der Waals surface area contributed by atoms with Crippen LogP contribution in [0.25, 0.3) is 33.7 Å². The van der Waals surface area contributed by atoms with Gasteiger partial charge in [-0.3, -0.25) is 4.79 Å². The van der Waals surface area contributed by atoms with E-state index in [4.69, 9.17) is 27.5 Å². The predicted molar refractivity (Wildman–Crippen MR) is 136 cm³/mol. The van der Waals surface area contributed by atoms with E-state index >= 15 is 0 Å². The van der Waals surface area contributed by atoms with Gasteiger partial charge >= 0.3 is 5.97 Å². The third-order valence-electron chi connectivity index (χ3n) is 5.88. The molecule has 0 saturated heterocycles. The minimum absolute atomic E-state index is 0.0568. The lowest BCUT2D eigenvalue weighted by Gasteiger charge is -2.09. The minimum atomic E-state index is -0.981. The molecule has 3 heterocycles. The Hall–Kier alpha value is -4.50. The van der Waals surface area contributed by atoms with E-state index in [0.717, 1.165) is 22.3 Å². The average Bonchev–Trinajstić information content (AvgIpc) is 3.50. The Morgan fingerprint density at radius 2 is 1.78 bits per heavy atom. The fourth-order valence-electron chi connectivity index (χ4n) is 4.10. The molecule has 0 saturated carbocycles. The van der Waals surface area contributed by atoms with Crippen molar-refractivity contribution in [1.29, 1.82) is 0 Å². The number of nitrogens with zero attached hydrogens (tertiary/aromatic N) is 5. The quantitative estimate of drug-likeness (QED) is 0.343. The first-order chi connectivity index (χ1) is 17.3. The number of pyridine rings is 1. The molecule has 0 bridgehead atoms. The third-order valence-corrected chi connectivity index (χ3v) is 6.28. The number of fused-ring (bicyclic) bond motifs is 1. The van der Waals surface area contributed by atoms with Crippen molar-refractivity contribution in [2.45, 2.75) is 19.8 Å². The minimum Gasteiger partial charge on any atom is -0.478 e. The van der Waals surface area contributed by atoms with Gasteiger partial charge < -0.3 is 15.4 Å². The monoisotopic (exact) mass is 500 g/mol. The van der Waals surface area contributed by atoms with E-state index in [1.807, 2.05) is 30.7 Å². The van der Waals surface area contributed by atoms with Crippen molar-refractivity contribution < 1.29 is 14.7 Å². The number of halogens is 1. The SMILES string of the molecule is CC(C)c1nn(-c2cccc(C(N)=O)c2Cl)c2nccc(-n3cnc(-c4ccc(C(=O)O)cc4)c3)c12. The number of carbonyl (C=O) groups excluding carboxylic acids is 1. The van der Waals surface area contributed by atoms with Gasteiger partial charge in [0.25, 0.3) is 0 Å². The summed E-state index contributed by atoms with van der Waals surface area (Å²) < 4.78 is 3.51. The lowest BCUT2D eigenvalue weighted by atomic mass is 10.1. The number of imidazole rings is 1. The van der Waals surface area contributed by atoms with Crippen molar-refractivity contribution in [1.82, 2.24) is 24.3 Å². The Kier molecular flexibility index (Phi) is 5.77. The number of aromatic nitrogens is 5. The number of nitrogens with two attached hydrogens (primary N) is 1. The molecule has 0 aliphatic heterocycles. The average molecular weight is 501 g/mol. The standard InChI is InChI=1S/C26H21ClN6O3/c1-14(2)23-21-19(32-12-18(30-13-32)15-6-8-16(9-7-15)26(35)36)10-11-29-25(21)33(31-23)20-5-3-4-17(22(20)27)24(28)34/h3-14H,1-2H3,(H2,28,34)(H,35,36). The molecule has 3 N–H and O–H groups in total. The highest BCUT2D eigenvalue weighted by Gasteiger charge is 2.22. The second kappa shape index (κ2) is 8.94.